The normalized spacial score (nSPS) is 11.7. The van der Waals surface area contributed by atoms with Gasteiger partial charge in [0, 0.05) is 6.54 Å². The zero-order valence-corrected chi connectivity index (χ0v) is 11.1. The molecule has 0 aliphatic rings. The van der Waals surface area contributed by atoms with Gasteiger partial charge in [0.05, 0.1) is 11.6 Å². The minimum absolute atomic E-state index is 0.0981. The zero-order valence-electron chi connectivity index (χ0n) is 11.1. The fourth-order valence-electron chi connectivity index (χ4n) is 1.94. The van der Waals surface area contributed by atoms with Gasteiger partial charge in [0.25, 0.3) is 0 Å². The number of halogens is 1. The van der Waals surface area contributed by atoms with Crippen LogP contribution < -0.4 is 10.5 Å². The summed E-state index contributed by atoms with van der Waals surface area (Å²) in [5.41, 5.74) is 7.96. The van der Waals surface area contributed by atoms with Crippen molar-refractivity contribution in [2.24, 2.45) is 5.73 Å². The maximum Gasteiger partial charge on any atom is 0.166 e. The fourth-order valence-corrected chi connectivity index (χ4v) is 1.94. The van der Waals surface area contributed by atoms with Crippen LogP contribution in [0.2, 0.25) is 0 Å². The molecule has 0 fully saturated rings. The lowest BCUT2D eigenvalue weighted by atomic mass is 10.1. The first-order valence-corrected chi connectivity index (χ1v) is 6.27. The molecular formula is C16H15FN2O. The van der Waals surface area contributed by atoms with E-state index in [1.54, 1.807) is 0 Å². The molecule has 0 spiro atoms. The van der Waals surface area contributed by atoms with Crippen molar-refractivity contribution in [1.29, 1.82) is 5.26 Å². The molecule has 0 amide bonds. The molecule has 2 aromatic carbocycles. The molecule has 2 N–H and O–H groups in total. The van der Waals surface area contributed by atoms with Crippen LogP contribution in [-0.4, -0.2) is 6.54 Å². The Hall–Kier alpha value is -2.38. The van der Waals surface area contributed by atoms with Crippen molar-refractivity contribution in [3.63, 3.8) is 0 Å². The molecule has 0 aromatic heterocycles. The minimum atomic E-state index is -0.560. The highest BCUT2D eigenvalue weighted by atomic mass is 19.1. The van der Waals surface area contributed by atoms with Gasteiger partial charge in [0.1, 0.15) is 6.10 Å². The summed E-state index contributed by atoms with van der Waals surface area (Å²) in [5, 5.41) is 8.71. The fraction of sp³-hybridized carbons (Fsp3) is 0.188. The quantitative estimate of drug-likeness (QED) is 0.928. The molecule has 4 heteroatoms. The zero-order chi connectivity index (χ0) is 14.5. The number of nitrogens with two attached hydrogens (primary N) is 1. The SMILES string of the molecule is Cc1cccc(C(CN)Oc2ccc(C#N)cc2F)c1. The standard InChI is InChI=1S/C16H15FN2O/c1-11-3-2-4-13(7-11)16(10-19)20-15-6-5-12(9-18)8-14(15)17/h2-8,16H,10,19H2,1H3. The van der Waals surface area contributed by atoms with Crippen LogP contribution in [0.25, 0.3) is 0 Å². The largest absolute Gasteiger partial charge is 0.481 e. The molecule has 0 radical (unpaired) electrons. The van der Waals surface area contributed by atoms with Crippen molar-refractivity contribution in [1.82, 2.24) is 0 Å². The monoisotopic (exact) mass is 270 g/mol. The number of aryl methyl sites for hydroxylation is 1. The Kier molecular flexibility index (Phi) is 4.34. The molecule has 0 aliphatic heterocycles. The van der Waals surface area contributed by atoms with E-state index in [1.807, 2.05) is 37.3 Å². The van der Waals surface area contributed by atoms with Gasteiger partial charge >= 0.3 is 0 Å². The van der Waals surface area contributed by atoms with E-state index in [-0.39, 0.29) is 17.9 Å². The van der Waals surface area contributed by atoms with Gasteiger partial charge in [-0.05, 0) is 30.7 Å². The molecule has 1 unspecified atom stereocenters. The number of nitrogens with zero attached hydrogens (tertiary/aromatic N) is 1. The maximum absolute atomic E-state index is 13.8. The van der Waals surface area contributed by atoms with Crippen LogP contribution in [0, 0.1) is 24.1 Å². The first-order chi connectivity index (χ1) is 9.63. The summed E-state index contributed by atoms with van der Waals surface area (Å²) < 4.78 is 19.4. The maximum atomic E-state index is 13.8. The van der Waals surface area contributed by atoms with E-state index < -0.39 is 11.9 Å². The average Bonchev–Trinajstić information content (AvgIpc) is 2.46. The third-order valence-corrected chi connectivity index (χ3v) is 2.96. The van der Waals surface area contributed by atoms with Crippen LogP contribution in [0.15, 0.2) is 42.5 Å². The second kappa shape index (κ2) is 6.18. The van der Waals surface area contributed by atoms with E-state index in [1.165, 1.54) is 12.1 Å². The van der Waals surface area contributed by atoms with Gasteiger partial charge in [-0.2, -0.15) is 5.26 Å². The molecule has 0 bridgehead atoms. The third kappa shape index (κ3) is 3.14. The highest BCUT2D eigenvalue weighted by molar-refractivity contribution is 5.36. The van der Waals surface area contributed by atoms with E-state index in [0.29, 0.717) is 0 Å². The highest BCUT2D eigenvalue weighted by Crippen LogP contribution is 2.25. The summed E-state index contributed by atoms with van der Waals surface area (Å²) in [6.07, 6.45) is -0.419. The van der Waals surface area contributed by atoms with Gasteiger partial charge in [-0.3, -0.25) is 0 Å². The van der Waals surface area contributed by atoms with Gasteiger partial charge < -0.3 is 10.5 Å². The summed E-state index contributed by atoms with van der Waals surface area (Å²) in [5.74, 6) is -0.462. The lowest BCUT2D eigenvalue weighted by molar-refractivity contribution is 0.204. The smallest absolute Gasteiger partial charge is 0.166 e. The number of benzene rings is 2. The summed E-state index contributed by atoms with van der Waals surface area (Å²) in [6.45, 7) is 2.21. The van der Waals surface area contributed by atoms with E-state index in [0.717, 1.165) is 17.2 Å². The van der Waals surface area contributed by atoms with Crippen LogP contribution in [-0.2, 0) is 0 Å². The van der Waals surface area contributed by atoms with Crippen LogP contribution in [0.4, 0.5) is 4.39 Å². The van der Waals surface area contributed by atoms with Gasteiger partial charge in [0.15, 0.2) is 11.6 Å². The molecule has 1 atom stereocenters. The van der Waals surface area contributed by atoms with Gasteiger partial charge in [-0.25, -0.2) is 4.39 Å². The number of ether oxygens (including phenoxy) is 1. The summed E-state index contributed by atoms with van der Waals surface area (Å²) in [4.78, 5) is 0. The Labute approximate surface area is 117 Å². The van der Waals surface area contributed by atoms with Crippen molar-refractivity contribution >= 4 is 0 Å². The predicted molar refractivity (Wildman–Crippen MR) is 74.7 cm³/mol. The highest BCUT2D eigenvalue weighted by Gasteiger charge is 2.14. The molecule has 102 valence electrons. The van der Waals surface area contributed by atoms with Crippen molar-refractivity contribution in [3.05, 3.63) is 65.0 Å². The van der Waals surface area contributed by atoms with Crippen molar-refractivity contribution < 1.29 is 9.13 Å². The first-order valence-electron chi connectivity index (χ1n) is 6.27. The van der Waals surface area contributed by atoms with E-state index in [9.17, 15) is 4.39 Å². The van der Waals surface area contributed by atoms with Crippen LogP contribution in [0.3, 0.4) is 0 Å². The molecule has 0 saturated carbocycles. The van der Waals surface area contributed by atoms with Gasteiger partial charge in [0.2, 0.25) is 0 Å². The first kappa shape index (κ1) is 14.0. The Balaban J connectivity index is 2.25. The van der Waals surface area contributed by atoms with Crippen molar-refractivity contribution in [2.45, 2.75) is 13.0 Å². The van der Waals surface area contributed by atoms with E-state index >= 15 is 0 Å². The predicted octanol–water partition coefficient (Wildman–Crippen LogP) is 3.08. The molecule has 0 saturated heterocycles. The van der Waals surface area contributed by atoms with Crippen molar-refractivity contribution in [3.8, 4) is 11.8 Å². The molecule has 0 heterocycles. The Morgan fingerprint density at radius 3 is 2.70 bits per heavy atom. The number of hydrogen-bond acceptors (Lipinski definition) is 3. The lowest BCUT2D eigenvalue weighted by Gasteiger charge is -2.18. The second-order valence-electron chi connectivity index (χ2n) is 4.51. The number of rotatable bonds is 4. The summed E-state index contributed by atoms with van der Waals surface area (Å²) in [7, 11) is 0. The van der Waals surface area contributed by atoms with E-state index in [4.69, 9.17) is 15.7 Å². The van der Waals surface area contributed by atoms with Crippen LogP contribution in [0.5, 0.6) is 5.75 Å². The lowest BCUT2D eigenvalue weighted by Crippen LogP contribution is -2.19. The topological polar surface area (TPSA) is 59.0 Å². The molecule has 2 rings (SSSR count). The van der Waals surface area contributed by atoms with Gasteiger partial charge in [-0.1, -0.05) is 29.8 Å². The number of hydrogen-bond donors (Lipinski definition) is 1. The Morgan fingerprint density at radius 2 is 2.10 bits per heavy atom. The molecule has 20 heavy (non-hydrogen) atoms. The van der Waals surface area contributed by atoms with Crippen LogP contribution in [0.1, 0.15) is 22.8 Å². The summed E-state index contributed by atoms with van der Waals surface area (Å²) >= 11 is 0. The van der Waals surface area contributed by atoms with Crippen molar-refractivity contribution in [2.75, 3.05) is 6.54 Å². The van der Waals surface area contributed by atoms with Crippen LogP contribution >= 0.6 is 0 Å². The molecular weight excluding hydrogens is 255 g/mol. The Morgan fingerprint density at radius 1 is 1.30 bits per heavy atom. The average molecular weight is 270 g/mol. The number of nitriles is 1. The minimum Gasteiger partial charge on any atom is -0.481 e. The molecule has 3 nitrogen and oxygen atoms in total. The molecule has 0 aliphatic carbocycles. The van der Waals surface area contributed by atoms with Gasteiger partial charge in [-0.15, -0.1) is 0 Å². The third-order valence-electron chi connectivity index (χ3n) is 2.96. The second-order valence-corrected chi connectivity index (χ2v) is 4.51. The molecule has 2 aromatic rings. The Bertz CT molecular complexity index is 649. The van der Waals surface area contributed by atoms with E-state index in [2.05, 4.69) is 0 Å². The summed E-state index contributed by atoms with van der Waals surface area (Å²) in [6, 6.07) is 13.7.